The van der Waals surface area contributed by atoms with Crippen LogP contribution in [-0.4, -0.2) is 7.11 Å². The van der Waals surface area contributed by atoms with Crippen molar-refractivity contribution < 1.29 is 9.13 Å². The molecular weight excluding hydrogens is 279 g/mol. The van der Waals surface area contributed by atoms with Crippen molar-refractivity contribution in [1.82, 2.24) is 5.43 Å². The highest BCUT2D eigenvalue weighted by Gasteiger charge is 2.19. The SMILES string of the molecule is COc1cccc(F)c1C(Cc1cccc(Cl)c1)NN. The van der Waals surface area contributed by atoms with Crippen LogP contribution in [0, 0.1) is 5.82 Å². The Morgan fingerprint density at radius 2 is 2.05 bits per heavy atom. The summed E-state index contributed by atoms with van der Waals surface area (Å²) in [6, 6.07) is 11.7. The van der Waals surface area contributed by atoms with E-state index >= 15 is 0 Å². The lowest BCUT2D eigenvalue weighted by Gasteiger charge is -2.20. The number of hydrogen-bond acceptors (Lipinski definition) is 3. The van der Waals surface area contributed by atoms with E-state index in [9.17, 15) is 4.39 Å². The second-order valence-electron chi connectivity index (χ2n) is 4.41. The summed E-state index contributed by atoms with van der Waals surface area (Å²) < 4.78 is 19.3. The smallest absolute Gasteiger partial charge is 0.131 e. The first-order valence-corrected chi connectivity index (χ1v) is 6.56. The molecule has 20 heavy (non-hydrogen) atoms. The zero-order chi connectivity index (χ0) is 14.5. The molecule has 3 N–H and O–H groups in total. The summed E-state index contributed by atoms with van der Waals surface area (Å²) in [7, 11) is 1.51. The fourth-order valence-electron chi connectivity index (χ4n) is 2.18. The van der Waals surface area contributed by atoms with Crippen molar-refractivity contribution in [2.75, 3.05) is 7.11 Å². The van der Waals surface area contributed by atoms with E-state index < -0.39 is 6.04 Å². The molecule has 2 aromatic carbocycles. The van der Waals surface area contributed by atoms with Crippen LogP contribution in [0.3, 0.4) is 0 Å². The Kier molecular flexibility index (Phi) is 4.95. The highest BCUT2D eigenvalue weighted by atomic mass is 35.5. The van der Waals surface area contributed by atoms with E-state index in [1.54, 1.807) is 18.2 Å². The van der Waals surface area contributed by atoms with E-state index in [0.29, 0.717) is 22.8 Å². The van der Waals surface area contributed by atoms with Gasteiger partial charge >= 0.3 is 0 Å². The van der Waals surface area contributed by atoms with Gasteiger partial charge in [0.1, 0.15) is 11.6 Å². The zero-order valence-corrected chi connectivity index (χ0v) is 11.8. The van der Waals surface area contributed by atoms with Gasteiger partial charge in [-0.3, -0.25) is 11.3 Å². The third kappa shape index (κ3) is 3.28. The molecule has 0 saturated heterocycles. The first-order valence-electron chi connectivity index (χ1n) is 6.18. The zero-order valence-electron chi connectivity index (χ0n) is 11.1. The summed E-state index contributed by atoms with van der Waals surface area (Å²) in [6.45, 7) is 0. The molecule has 5 heteroatoms. The van der Waals surface area contributed by atoms with Crippen LogP contribution in [0.1, 0.15) is 17.2 Å². The lowest BCUT2D eigenvalue weighted by molar-refractivity contribution is 0.390. The number of rotatable bonds is 5. The quantitative estimate of drug-likeness (QED) is 0.657. The Morgan fingerprint density at radius 3 is 2.70 bits per heavy atom. The van der Waals surface area contributed by atoms with Gasteiger partial charge in [-0.15, -0.1) is 0 Å². The van der Waals surface area contributed by atoms with Crippen LogP contribution in [0.4, 0.5) is 4.39 Å². The van der Waals surface area contributed by atoms with Gasteiger partial charge in [-0.25, -0.2) is 4.39 Å². The van der Waals surface area contributed by atoms with Gasteiger partial charge in [0.2, 0.25) is 0 Å². The molecule has 106 valence electrons. The standard InChI is InChI=1S/C15H16ClFN2O/c1-20-14-7-3-6-12(17)15(14)13(19-18)9-10-4-2-5-11(16)8-10/h2-8,13,19H,9,18H2,1H3. The molecule has 0 fully saturated rings. The lowest BCUT2D eigenvalue weighted by Crippen LogP contribution is -2.30. The van der Waals surface area contributed by atoms with Crippen molar-refractivity contribution >= 4 is 11.6 Å². The Balaban J connectivity index is 2.33. The molecule has 1 unspecified atom stereocenters. The summed E-state index contributed by atoms with van der Waals surface area (Å²) in [5.74, 6) is 5.69. The largest absolute Gasteiger partial charge is 0.496 e. The van der Waals surface area contributed by atoms with Gasteiger partial charge in [-0.05, 0) is 36.2 Å². The topological polar surface area (TPSA) is 47.3 Å². The van der Waals surface area contributed by atoms with E-state index in [-0.39, 0.29) is 5.82 Å². The molecule has 0 aromatic heterocycles. The third-order valence-corrected chi connectivity index (χ3v) is 3.35. The predicted molar refractivity (Wildman–Crippen MR) is 78.2 cm³/mol. The van der Waals surface area contributed by atoms with Crippen molar-refractivity contribution in [1.29, 1.82) is 0 Å². The predicted octanol–water partition coefficient (Wildman–Crippen LogP) is 3.23. The Bertz CT molecular complexity index is 592. The van der Waals surface area contributed by atoms with Gasteiger partial charge in [0.15, 0.2) is 0 Å². The van der Waals surface area contributed by atoms with E-state index in [1.165, 1.54) is 13.2 Å². The van der Waals surface area contributed by atoms with Crippen LogP contribution >= 0.6 is 11.6 Å². The molecule has 0 radical (unpaired) electrons. The summed E-state index contributed by atoms with van der Waals surface area (Å²) in [5, 5.41) is 0.638. The normalized spacial score (nSPS) is 12.2. The number of hydrogen-bond donors (Lipinski definition) is 2. The maximum Gasteiger partial charge on any atom is 0.131 e. The minimum atomic E-state index is -0.399. The highest BCUT2D eigenvalue weighted by Crippen LogP contribution is 2.30. The minimum Gasteiger partial charge on any atom is -0.496 e. The van der Waals surface area contributed by atoms with E-state index in [0.717, 1.165) is 5.56 Å². The molecule has 0 aliphatic carbocycles. The molecule has 0 aliphatic rings. The van der Waals surface area contributed by atoms with E-state index in [1.807, 2.05) is 18.2 Å². The molecule has 1 atom stereocenters. The second kappa shape index (κ2) is 6.70. The molecule has 0 bridgehead atoms. The van der Waals surface area contributed by atoms with Gasteiger partial charge in [-0.1, -0.05) is 29.8 Å². The van der Waals surface area contributed by atoms with Gasteiger partial charge in [0.25, 0.3) is 0 Å². The van der Waals surface area contributed by atoms with Gasteiger partial charge in [0, 0.05) is 10.6 Å². The Labute approximate surface area is 122 Å². The number of ether oxygens (including phenoxy) is 1. The summed E-state index contributed by atoms with van der Waals surface area (Å²) in [5.41, 5.74) is 4.02. The van der Waals surface area contributed by atoms with Crippen molar-refractivity contribution in [3.05, 3.63) is 64.4 Å². The maximum atomic E-state index is 14.1. The first kappa shape index (κ1) is 14.8. The maximum absolute atomic E-state index is 14.1. The molecule has 0 spiro atoms. The van der Waals surface area contributed by atoms with Crippen LogP contribution < -0.4 is 16.0 Å². The van der Waals surface area contributed by atoms with Crippen LogP contribution in [0.2, 0.25) is 5.02 Å². The van der Waals surface area contributed by atoms with Crippen LogP contribution in [-0.2, 0) is 6.42 Å². The van der Waals surface area contributed by atoms with Crippen LogP contribution in [0.5, 0.6) is 5.75 Å². The molecule has 0 aliphatic heterocycles. The molecule has 2 aromatic rings. The molecule has 0 heterocycles. The van der Waals surface area contributed by atoms with Crippen LogP contribution in [0.25, 0.3) is 0 Å². The van der Waals surface area contributed by atoms with E-state index in [2.05, 4.69) is 5.43 Å². The minimum absolute atomic E-state index is 0.352. The van der Waals surface area contributed by atoms with Gasteiger partial charge in [-0.2, -0.15) is 0 Å². The Morgan fingerprint density at radius 1 is 1.30 bits per heavy atom. The van der Waals surface area contributed by atoms with Crippen molar-refractivity contribution in [2.24, 2.45) is 5.84 Å². The van der Waals surface area contributed by atoms with E-state index in [4.69, 9.17) is 22.2 Å². The summed E-state index contributed by atoms with van der Waals surface area (Å²) in [6.07, 6.45) is 0.508. The number of halogens is 2. The number of nitrogens with one attached hydrogen (secondary N) is 1. The molecule has 2 rings (SSSR count). The summed E-state index contributed by atoms with van der Waals surface area (Å²) in [4.78, 5) is 0. The molecular formula is C15H16ClFN2O. The molecule has 0 saturated carbocycles. The van der Waals surface area contributed by atoms with Gasteiger partial charge < -0.3 is 4.74 Å². The third-order valence-electron chi connectivity index (χ3n) is 3.11. The van der Waals surface area contributed by atoms with Crippen molar-refractivity contribution in [3.63, 3.8) is 0 Å². The number of hydrazine groups is 1. The highest BCUT2D eigenvalue weighted by molar-refractivity contribution is 6.30. The Hall–Kier alpha value is -1.62. The second-order valence-corrected chi connectivity index (χ2v) is 4.85. The molecule has 0 amide bonds. The monoisotopic (exact) mass is 294 g/mol. The average Bonchev–Trinajstić information content (AvgIpc) is 2.45. The molecule has 3 nitrogen and oxygen atoms in total. The van der Waals surface area contributed by atoms with Crippen LogP contribution in [0.15, 0.2) is 42.5 Å². The first-order chi connectivity index (χ1) is 9.65. The van der Waals surface area contributed by atoms with Crippen molar-refractivity contribution in [3.8, 4) is 5.75 Å². The number of methoxy groups -OCH3 is 1. The van der Waals surface area contributed by atoms with Crippen molar-refractivity contribution in [2.45, 2.75) is 12.5 Å². The fraction of sp³-hybridized carbons (Fsp3) is 0.200. The average molecular weight is 295 g/mol. The number of benzene rings is 2. The van der Waals surface area contributed by atoms with Gasteiger partial charge in [0.05, 0.1) is 13.2 Å². The summed E-state index contributed by atoms with van der Waals surface area (Å²) >= 11 is 5.96. The number of nitrogens with two attached hydrogens (primary N) is 1. The fourth-order valence-corrected chi connectivity index (χ4v) is 2.39. The lowest BCUT2D eigenvalue weighted by atomic mass is 9.98.